The summed E-state index contributed by atoms with van der Waals surface area (Å²) in [6, 6.07) is 10.4. The highest BCUT2D eigenvalue weighted by atomic mass is 79.9. The van der Waals surface area contributed by atoms with Gasteiger partial charge in [0.1, 0.15) is 10.3 Å². The third-order valence-electron chi connectivity index (χ3n) is 3.11. The maximum atomic E-state index is 12.4. The summed E-state index contributed by atoms with van der Waals surface area (Å²) < 4.78 is 5.31. The average molecular weight is 395 g/mol. The summed E-state index contributed by atoms with van der Waals surface area (Å²) in [5, 5.41) is 11.4. The third-order valence-corrected chi connectivity index (χ3v) is 3.52. The van der Waals surface area contributed by atoms with Gasteiger partial charge in [0.15, 0.2) is 0 Å². The highest BCUT2D eigenvalue weighted by molar-refractivity contribution is 9.10. The molecule has 0 aliphatic carbocycles. The Hall–Kier alpha value is -2.68. The van der Waals surface area contributed by atoms with Crippen molar-refractivity contribution in [2.75, 3.05) is 17.2 Å². The number of amides is 1. The van der Waals surface area contributed by atoms with Gasteiger partial charge >= 0.3 is 11.8 Å². The van der Waals surface area contributed by atoms with Crippen molar-refractivity contribution in [1.29, 1.82) is 0 Å². The van der Waals surface area contributed by atoms with Gasteiger partial charge in [0.05, 0.1) is 18.1 Å². The molecular weight excluding hydrogens is 380 g/mol. The number of nitrogens with zero attached hydrogens (tertiary/aromatic N) is 3. The minimum Gasteiger partial charge on any atom is -0.449 e. The van der Waals surface area contributed by atoms with E-state index >= 15 is 0 Å². The van der Waals surface area contributed by atoms with Crippen molar-refractivity contribution < 1.29 is 14.5 Å². The molecule has 0 aliphatic rings. The van der Waals surface area contributed by atoms with Gasteiger partial charge in [-0.25, -0.2) is 9.78 Å². The number of ether oxygens (including phenoxy) is 1. The second-order valence-electron chi connectivity index (χ2n) is 4.73. The molecule has 9 heteroatoms. The topological polar surface area (TPSA) is 112 Å². The maximum Gasteiger partial charge on any atom is 0.414 e. The number of hydrogen-bond acceptors (Lipinski definition) is 6. The molecule has 126 valence electrons. The summed E-state index contributed by atoms with van der Waals surface area (Å²) in [7, 11) is 0. The monoisotopic (exact) mass is 394 g/mol. The molecule has 0 spiro atoms. The molecule has 1 aromatic carbocycles. The lowest BCUT2D eigenvalue weighted by Gasteiger charge is -2.22. The normalized spacial score (nSPS) is 10.2. The first-order valence-corrected chi connectivity index (χ1v) is 7.82. The van der Waals surface area contributed by atoms with Crippen molar-refractivity contribution in [3.05, 3.63) is 56.7 Å². The molecule has 0 atom stereocenters. The average Bonchev–Trinajstić information content (AvgIpc) is 2.52. The Bertz CT molecular complexity index is 755. The Kier molecular flexibility index (Phi) is 5.69. The fourth-order valence-corrected chi connectivity index (χ4v) is 2.53. The van der Waals surface area contributed by atoms with E-state index in [-0.39, 0.29) is 29.3 Å². The molecule has 0 fully saturated rings. The number of carbonyl (C=O) groups excluding carboxylic acids is 1. The Balaban J connectivity index is 2.55. The molecule has 0 unspecified atom stereocenters. The molecule has 1 aromatic heterocycles. The van der Waals surface area contributed by atoms with Crippen molar-refractivity contribution in [2.24, 2.45) is 0 Å². The van der Waals surface area contributed by atoms with Crippen LogP contribution in [0.15, 0.2) is 41.0 Å². The van der Waals surface area contributed by atoms with Gasteiger partial charge in [-0.1, -0.05) is 30.3 Å². The standard InChI is InChI=1S/C15H15BrN4O4/c1-2-24-15(21)19(9-10-6-4-3-5-7-10)11-8-12(16)18-14(17)13(11)20(22)23/h3-8H,2,9H2,1H3,(H2,17,18). The smallest absolute Gasteiger partial charge is 0.414 e. The highest BCUT2D eigenvalue weighted by Crippen LogP contribution is 2.36. The number of nitrogen functional groups attached to an aromatic ring is 1. The molecule has 0 saturated heterocycles. The number of aromatic nitrogens is 1. The van der Waals surface area contributed by atoms with Crippen LogP contribution in [0.1, 0.15) is 12.5 Å². The first-order chi connectivity index (χ1) is 11.4. The van der Waals surface area contributed by atoms with E-state index < -0.39 is 16.7 Å². The van der Waals surface area contributed by atoms with E-state index in [2.05, 4.69) is 20.9 Å². The minimum absolute atomic E-state index is 0.0154. The molecule has 0 aliphatic heterocycles. The third kappa shape index (κ3) is 3.99. The zero-order valence-electron chi connectivity index (χ0n) is 12.8. The highest BCUT2D eigenvalue weighted by Gasteiger charge is 2.29. The number of rotatable bonds is 5. The van der Waals surface area contributed by atoms with Crippen molar-refractivity contribution in [2.45, 2.75) is 13.5 Å². The number of halogens is 1. The largest absolute Gasteiger partial charge is 0.449 e. The van der Waals surface area contributed by atoms with E-state index in [1.54, 1.807) is 19.1 Å². The first-order valence-electron chi connectivity index (χ1n) is 7.02. The fraction of sp³-hybridized carbons (Fsp3) is 0.200. The van der Waals surface area contributed by atoms with Crippen molar-refractivity contribution in [1.82, 2.24) is 4.98 Å². The molecule has 0 saturated carbocycles. The van der Waals surface area contributed by atoms with Gasteiger partial charge < -0.3 is 10.5 Å². The summed E-state index contributed by atoms with van der Waals surface area (Å²) in [6.07, 6.45) is -0.707. The molecule has 8 nitrogen and oxygen atoms in total. The van der Waals surface area contributed by atoms with E-state index in [0.29, 0.717) is 0 Å². The van der Waals surface area contributed by atoms with E-state index in [9.17, 15) is 14.9 Å². The molecule has 2 N–H and O–H groups in total. The van der Waals surface area contributed by atoms with Crippen molar-refractivity contribution in [3.8, 4) is 0 Å². The van der Waals surface area contributed by atoms with Gasteiger partial charge in [-0.2, -0.15) is 0 Å². The van der Waals surface area contributed by atoms with Crippen molar-refractivity contribution in [3.63, 3.8) is 0 Å². The van der Waals surface area contributed by atoms with E-state index in [0.717, 1.165) is 5.56 Å². The number of hydrogen-bond donors (Lipinski definition) is 1. The molecular formula is C15H15BrN4O4. The summed E-state index contributed by atoms with van der Waals surface area (Å²) >= 11 is 3.15. The van der Waals surface area contributed by atoms with Crippen LogP contribution in [0, 0.1) is 10.1 Å². The van der Waals surface area contributed by atoms with Crippen LogP contribution in [0.5, 0.6) is 0 Å². The zero-order valence-corrected chi connectivity index (χ0v) is 14.4. The predicted molar refractivity (Wildman–Crippen MR) is 92.7 cm³/mol. The van der Waals surface area contributed by atoms with Gasteiger partial charge in [0, 0.05) is 6.07 Å². The lowest BCUT2D eigenvalue weighted by Crippen LogP contribution is -2.32. The number of carbonyl (C=O) groups is 1. The van der Waals surface area contributed by atoms with Crippen LogP contribution >= 0.6 is 15.9 Å². The number of benzene rings is 1. The second kappa shape index (κ2) is 7.73. The predicted octanol–water partition coefficient (Wildman–Crippen LogP) is 3.50. The summed E-state index contributed by atoms with van der Waals surface area (Å²) in [5.41, 5.74) is 6.02. The van der Waals surface area contributed by atoms with Gasteiger partial charge in [0.25, 0.3) is 0 Å². The molecule has 0 radical (unpaired) electrons. The van der Waals surface area contributed by atoms with Crippen LogP contribution in [0.25, 0.3) is 0 Å². The van der Waals surface area contributed by atoms with Crippen LogP contribution in [0.4, 0.5) is 22.0 Å². The number of pyridine rings is 1. The van der Waals surface area contributed by atoms with Gasteiger partial charge in [-0.15, -0.1) is 0 Å². The number of anilines is 2. The Morgan fingerprint density at radius 1 is 1.42 bits per heavy atom. The van der Waals surface area contributed by atoms with E-state index in [1.807, 2.05) is 18.2 Å². The van der Waals surface area contributed by atoms with Gasteiger partial charge in [-0.3, -0.25) is 15.0 Å². The summed E-state index contributed by atoms with van der Waals surface area (Å²) in [6.45, 7) is 1.89. The van der Waals surface area contributed by atoms with Crippen LogP contribution in [-0.4, -0.2) is 22.6 Å². The Morgan fingerprint density at radius 2 is 2.08 bits per heavy atom. The van der Waals surface area contributed by atoms with Gasteiger partial charge in [-0.05, 0) is 28.4 Å². The second-order valence-corrected chi connectivity index (χ2v) is 5.54. The lowest BCUT2D eigenvalue weighted by molar-refractivity contribution is -0.383. The molecule has 2 aromatic rings. The molecule has 24 heavy (non-hydrogen) atoms. The first kappa shape index (κ1) is 17.7. The van der Waals surface area contributed by atoms with Gasteiger partial charge in [0.2, 0.25) is 5.82 Å². The Labute approximate surface area is 146 Å². The molecule has 1 heterocycles. The SMILES string of the molecule is CCOC(=O)N(Cc1ccccc1)c1cc(Br)nc(N)c1[N+](=O)[O-]. The zero-order chi connectivity index (χ0) is 17.7. The molecule has 1 amide bonds. The molecule has 2 rings (SSSR count). The number of nitrogens with two attached hydrogens (primary N) is 1. The maximum absolute atomic E-state index is 12.4. The number of nitro groups is 1. The van der Waals surface area contributed by atoms with Crippen LogP contribution < -0.4 is 10.6 Å². The van der Waals surface area contributed by atoms with Crippen molar-refractivity contribution >= 4 is 39.2 Å². The summed E-state index contributed by atoms with van der Waals surface area (Å²) in [4.78, 5) is 28.1. The summed E-state index contributed by atoms with van der Waals surface area (Å²) in [5.74, 6) is -0.285. The fourth-order valence-electron chi connectivity index (χ4n) is 2.12. The van der Waals surface area contributed by atoms with Crippen LogP contribution in [0.3, 0.4) is 0 Å². The molecule has 0 bridgehead atoms. The lowest BCUT2D eigenvalue weighted by atomic mass is 10.2. The van der Waals surface area contributed by atoms with E-state index in [1.165, 1.54) is 11.0 Å². The Morgan fingerprint density at radius 3 is 2.67 bits per heavy atom. The van der Waals surface area contributed by atoms with Crippen LogP contribution in [-0.2, 0) is 11.3 Å². The minimum atomic E-state index is -0.707. The quantitative estimate of drug-likeness (QED) is 0.471. The van der Waals surface area contributed by atoms with Crippen LogP contribution in [0.2, 0.25) is 0 Å². The van der Waals surface area contributed by atoms with E-state index in [4.69, 9.17) is 10.5 Å².